The molecule has 0 spiro atoms. The van der Waals surface area contributed by atoms with Crippen molar-refractivity contribution in [2.24, 2.45) is 7.05 Å². The van der Waals surface area contributed by atoms with E-state index in [1.165, 1.54) is 12.1 Å². The van der Waals surface area contributed by atoms with Crippen LogP contribution in [0.3, 0.4) is 0 Å². The molecule has 31 heavy (non-hydrogen) atoms. The number of rotatable bonds is 4. The molecule has 3 aromatic rings. The molecule has 1 aliphatic rings. The highest BCUT2D eigenvalue weighted by Gasteiger charge is 2.33. The van der Waals surface area contributed by atoms with Crippen LogP contribution in [0.15, 0.2) is 42.5 Å². The molecular weight excluding hydrogens is 418 g/mol. The zero-order valence-electron chi connectivity index (χ0n) is 17.1. The summed E-state index contributed by atoms with van der Waals surface area (Å²) in [6.07, 6.45) is 0. The Morgan fingerprint density at radius 3 is 2.19 bits per heavy atom. The van der Waals surface area contributed by atoms with Gasteiger partial charge in [-0.05, 0) is 32.0 Å². The number of benzene rings is 2. The van der Waals surface area contributed by atoms with Crippen LogP contribution in [0.1, 0.15) is 63.9 Å². The third-order valence-electron chi connectivity index (χ3n) is 5.66. The van der Waals surface area contributed by atoms with Crippen LogP contribution in [-0.2, 0) is 11.8 Å². The first-order valence-corrected chi connectivity index (χ1v) is 9.94. The van der Waals surface area contributed by atoms with Crippen LogP contribution in [-0.4, -0.2) is 34.5 Å². The molecule has 1 aromatic heterocycles. The van der Waals surface area contributed by atoms with Gasteiger partial charge in [-0.3, -0.25) is 14.4 Å². The van der Waals surface area contributed by atoms with Crippen molar-refractivity contribution in [3.63, 3.8) is 0 Å². The Hall–Kier alpha value is -3.51. The average Bonchev–Trinajstić information content (AvgIpc) is 3.02. The van der Waals surface area contributed by atoms with Crippen LogP contribution < -0.4 is 0 Å². The lowest BCUT2D eigenvalue weighted by Crippen LogP contribution is -2.23. The summed E-state index contributed by atoms with van der Waals surface area (Å²) < 4.78 is 7.04. The molecule has 6 nitrogen and oxygen atoms in total. The van der Waals surface area contributed by atoms with Gasteiger partial charge < -0.3 is 9.30 Å². The number of esters is 1. The number of ether oxygens (including phenoxy) is 1. The highest BCUT2D eigenvalue weighted by Crippen LogP contribution is 2.34. The first-order chi connectivity index (χ1) is 14.7. The van der Waals surface area contributed by atoms with Gasteiger partial charge in [-0.25, -0.2) is 4.79 Å². The summed E-state index contributed by atoms with van der Waals surface area (Å²) in [6.45, 7) is 3.22. The first-order valence-electron chi connectivity index (χ1n) is 9.56. The molecular formula is C24H18ClNO5. The van der Waals surface area contributed by atoms with Gasteiger partial charge in [-0.1, -0.05) is 35.9 Å². The van der Waals surface area contributed by atoms with Crippen molar-refractivity contribution >= 4 is 34.9 Å². The minimum atomic E-state index is -0.842. The van der Waals surface area contributed by atoms with Crippen LogP contribution in [0.5, 0.6) is 0 Å². The fraction of sp³-hybridized carbons (Fsp3) is 0.167. The molecule has 1 heterocycles. The van der Waals surface area contributed by atoms with Crippen molar-refractivity contribution in [1.29, 1.82) is 0 Å². The van der Waals surface area contributed by atoms with Crippen LogP contribution in [0, 0.1) is 13.8 Å². The van der Waals surface area contributed by atoms with E-state index in [2.05, 4.69) is 0 Å². The van der Waals surface area contributed by atoms with Crippen LogP contribution >= 0.6 is 11.6 Å². The normalized spacial score (nSPS) is 12.4. The van der Waals surface area contributed by atoms with E-state index in [0.717, 1.165) is 11.4 Å². The Morgan fingerprint density at radius 2 is 1.58 bits per heavy atom. The van der Waals surface area contributed by atoms with Gasteiger partial charge in [-0.2, -0.15) is 0 Å². The predicted octanol–water partition coefficient (Wildman–Crippen LogP) is 4.11. The van der Waals surface area contributed by atoms with Gasteiger partial charge in [0.25, 0.3) is 0 Å². The highest BCUT2D eigenvalue weighted by molar-refractivity contribution is 6.41. The maximum atomic E-state index is 12.9. The Morgan fingerprint density at radius 1 is 0.935 bits per heavy atom. The summed E-state index contributed by atoms with van der Waals surface area (Å²) in [4.78, 5) is 50.8. The number of halogens is 1. The van der Waals surface area contributed by atoms with E-state index in [1.807, 2.05) is 25.5 Å². The van der Waals surface area contributed by atoms with Gasteiger partial charge in [0.2, 0.25) is 5.78 Å². The predicted molar refractivity (Wildman–Crippen MR) is 114 cm³/mol. The van der Waals surface area contributed by atoms with Gasteiger partial charge in [0, 0.05) is 40.7 Å². The molecule has 0 bridgehead atoms. The maximum absolute atomic E-state index is 12.9. The number of carbonyl (C=O) groups is 4. The number of fused-ring (bicyclic) bond motifs is 2. The van der Waals surface area contributed by atoms with Crippen molar-refractivity contribution in [1.82, 2.24) is 4.57 Å². The fourth-order valence-electron chi connectivity index (χ4n) is 3.73. The van der Waals surface area contributed by atoms with Crippen molar-refractivity contribution in [3.05, 3.63) is 92.3 Å². The van der Waals surface area contributed by atoms with E-state index in [1.54, 1.807) is 30.3 Å². The number of Topliss-reactive ketones (excluding diaryl/α,β-unsaturated/α-hetero) is 1. The molecule has 4 rings (SSSR count). The van der Waals surface area contributed by atoms with Gasteiger partial charge >= 0.3 is 5.97 Å². The lowest BCUT2D eigenvalue weighted by atomic mass is 9.83. The molecule has 0 aliphatic heterocycles. The molecule has 0 radical (unpaired) electrons. The number of carbonyl (C=O) groups excluding carboxylic acids is 4. The van der Waals surface area contributed by atoms with Crippen LogP contribution in [0.25, 0.3) is 0 Å². The molecule has 0 saturated carbocycles. The van der Waals surface area contributed by atoms with E-state index in [9.17, 15) is 19.2 Å². The van der Waals surface area contributed by atoms with E-state index in [-0.39, 0.29) is 38.8 Å². The van der Waals surface area contributed by atoms with Crippen molar-refractivity contribution in [3.8, 4) is 0 Å². The summed E-state index contributed by atoms with van der Waals surface area (Å²) in [7, 11) is 1.84. The standard InChI is InChI=1S/C24H18ClNO5/c1-12-10-18(13(2)26(12)3)19(27)11-31-24(30)17-9-8-16-20(21(17)25)23(29)15-7-5-4-6-14(15)22(16)28/h4-10H,11H2,1-3H3. The lowest BCUT2D eigenvalue weighted by Gasteiger charge is -2.19. The van der Waals surface area contributed by atoms with E-state index >= 15 is 0 Å². The van der Waals surface area contributed by atoms with Gasteiger partial charge in [-0.15, -0.1) is 0 Å². The summed E-state index contributed by atoms with van der Waals surface area (Å²) >= 11 is 6.37. The number of hydrogen-bond donors (Lipinski definition) is 0. The van der Waals surface area contributed by atoms with Crippen molar-refractivity contribution in [2.75, 3.05) is 6.61 Å². The molecule has 0 amide bonds. The Balaban J connectivity index is 1.60. The summed E-state index contributed by atoms with van der Waals surface area (Å²) in [5, 5.41) is -0.158. The summed E-state index contributed by atoms with van der Waals surface area (Å²) in [5.74, 6) is -1.96. The second kappa shape index (κ2) is 7.63. The van der Waals surface area contributed by atoms with E-state index < -0.39 is 18.4 Å². The number of aryl methyl sites for hydroxylation is 1. The Kier molecular flexibility index (Phi) is 5.11. The highest BCUT2D eigenvalue weighted by atomic mass is 35.5. The molecule has 0 N–H and O–H groups in total. The Labute approximate surface area is 183 Å². The smallest absolute Gasteiger partial charge is 0.340 e. The zero-order chi connectivity index (χ0) is 22.4. The topological polar surface area (TPSA) is 82.4 Å². The molecule has 7 heteroatoms. The molecule has 0 fully saturated rings. The molecule has 156 valence electrons. The number of aromatic nitrogens is 1. The molecule has 0 atom stereocenters. The third-order valence-corrected chi connectivity index (χ3v) is 6.05. The summed E-state index contributed by atoms with van der Waals surface area (Å²) in [6, 6.07) is 10.9. The molecule has 0 saturated heterocycles. The van der Waals surface area contributed by atoms with Crippen molar-refractivity contribution in [2.45, 2.75) is 13.8 Å². The zero-order valence-corrected chi connectivity index (χ0v) is 17.9. The third kappa shape index (κ3) is 3.29. The van der Waals surface area contributed by atoms with Gasteiger partial charge in [0.1, 0.15) is 0 Å². The van der Waals surface area contributed by atoms with Gasteiger partial charge in [0.15, 0.2) is 18.2 Å². The number of hydrogen-bond acceptors (Lipinski definition) is 5. The van der Waals surface area contributed by atoms with Gasteiger partial charge in [0.05, 0.1) is 16.1 Å². The second-order valence-electron chi connectivity index (χ2n) is 7.40. The SMILES string of the molecule is Cc1cc(C(=O)COC(=O)c2ccc3c(c2Cl)C(=O)c2ccccc2C3=O)c(C)n1C. The maximum Gasteiger partial charge on any atom is 0.340 e. The summed E-state index contributed by atoms with van der Waals surface area (Å²) in [5.41, 5.74) is 2.72. The van der Waals surface area contributed by atoms with E-state index in [0.29, 0.717) is 11.1 Å². The average molecular weight is 436 g/mol. The second-order valence-corrected chi connectivity index (χ2v) is 7.77. The quantitative estimate of drug-likeness (QED) is 0.356. The first kappa shape index (κ1) is 20.8. The number of nitrogens with zero attached hydrogens (tertiary/aromatic N) is 1. The van der Waals surface area contributed by atoms with Crippen LogP contribution in [0.2, 0.25) is 5.02 Å². The largest absolute Gasteiger partial charge is 0.454 e. The fourth-order valence-corrected chi connectivity index (χ4v) is 4.06. The van der Waals surface area contributed by atoms with E-state index in [4.69, 9.17) is 16.3 Å². The minimum absolute atomic E-state index is 0.0272. The van der Waals surface area contributed by atoms with Crippen molar-refractivity contribution < 1.29 is 23.9 Å². The Bertz CT molecular complexity index is 1300. The molecule has 2 aromatic carbocycles. The lowest BCUT2D eigenvalue weighted by molar-refractivity contribution is 0.0474. The number of ketones is 3. The monoisotopic (exact) mass is 435 g/mol. The minimum Gasteiger partial charge on any atom is -0.454 e. The molecule has 0 unspecified atom stereocenters. The van der Waals surface area contributed by atoms with Crippen LogP contribution in [0.4, 0.5) is 0 Å². The molecule has 1 aliphatic carbocycles.